The molecule has 0 saturated carbocycles. The average Bonchev–Trinajstić information content (AvgIpc) is 2.16. The molecule has 76 valence electrons. The number of benzene rings is 1. The van der Waals surface area contributed by atoms with Crippen molar-refractivity contribution in [2.24, 2.45) is 0 Å². The lowest BCUT2D eigenvalue weighted by Crippen LogP contribution is -2.09. The zero-order valence-electron chi connectivity index (χ0n) is 8.46. The lowest BCUT2D eigenvalue weighted by atomic mass is 10.1. The molecule has 3 heteroatoms. The maximum atomic E-state index is 10.2. The summed E-state index contributed by atoms with van der Waals surface area (Å²) in [4.78, 5) is 12.3. The summed E-state index contributed by atoms with van der Waals surface area (Å²) in [6, 6.07) is 6.17. The van der Waals surface area contributed by atoms with Crippen LogP contribution in [0.2, 0.25) is 0 Å². The van der Waals surface area contributed by atoms with E-state index in [2.05, 4.69) is 26.9 Å². The molecule has 0 saturated heterocycles. The zero-order valence-corrected chi connectivity index (χ0v) is 10.0. The first-order valence-electron chi connectivity index (χ1n) is 4.54. The van der Waals surface area contributed by atoms with Crippen LogP contribution in [-0.2, 0) is 11.2 Å². The smallest absolute Gasteiger partial charge is 0.120 e. The highest BCUT2D eigenvalue weighted by Crippen LogP contribution is 2.26. The normalized spacial score (nSPS) is 9.93. The molecule has 0 heterocycles. The van der Waals surface area contributed by atoms with Gasteiger partial charge in [-0.25, -0.2) is 0 Å². The van der Waals surface area contributed by atoms with E-state index in [0.29, 0.717) is 6.42 Å². The molecule has 1 aromatic carbocycles. The number of hydrogen-bond donors (Lipinski definition) is 0. The predicted molar refractivity (Wildman–Crippen MR) is 62.9 cm³/mol. The Kier molecular flexibility index (Phi) is 4.14. The van der Waals surface area contributed by atoms with Gasteiger partial charge in [-0.3, -0.25) is 0 Å². The van der Waals surface area contributed by atoms with E-state index in [1.165, 1.54) is 5.56 Å². The van der Waals surface area contributed by atoms with Gasteiger partial charge < -0.3 is 9.69 Å². The molecule has 0 fully saturated rings. The summed E-state index contributed by atoms with van der Waals surface area (Å²) >= 11 is 3.49. The van der Waals surface area contributed by atoms with Crippen LogP contribution in [0.5, 0.6) is 0 Å². The van der Waals surface area contributed by atoms with Crippen molar-refractivity contribution in [3.8, 4) is 0 Å². The summed E-state index contributed by atoms with van der Waals surface area (Å²) in [7, 11) is 4.01. The van der Waals surface area contributed by atoms with E-state index in [4.69, 9.17) is 0 Å². The van der Waals surface area contributed by atoms with Crippen LogP contribution in [0.25, 0.3) is 0 Å². The van der Waals surface area contributed by atoms with E-state index in [-0.39, 0.29) is 0 Å². The Balaban J connectivity index is 2.88. The largest absolute Gasteiger partial charge is 0.377 e. The van der Waals surface area contributed by atoms with Gasteiger partial charge in [0.25, 0.3) is 0 Å². The van der Waals surface area contributed by atoms with Crippen LogP contribution in [0, 0.1) is 0 Å². The SMILES string of the molecule is CN(C)c1cc(CCC=O)ccc1Br. The Labute approximate surface area is 93.0 Å². The second-order valence-corrected chi connectivity index (χ2v) is 4.24. The number of aldehydes is 1. The van der Waals surface area contributed by atoms with Crippen LogP contribution in [0.15, 0.2) is 22.7 Å². The standard InChI is InChI=1S/C11H14BrNO/c1-13(2)11-8-9(4-3-7-14)5-6-10(11)12/h5-8H,3-4H2,1-2H3. The maximum absolute atomic E-state index is 10.2. The molecule has 0 aliphatic carbocycles. The number of carbonyl (C=O) groups is 1. The number of rotatable bonds is 4. The predicted octanol–water partition coefficient (Wildman–Crippen LogP) is 2.65. The summed E-state index contributed by atoms with van der Waals surface area (Å²) in [5.74, 6) is 0. The number of halogens is 1. The van der Waals surface area contributed by atoms with Gasteiger partial charge in [0, 0.05) is 25.0 Å². The molecule has 0 aliphatic heterocycles. The molecule has 1 rings (SSSR count). The quantitative estimate of drug-likeness (QED) is 0.772. The molecular weight excluding hydrogens is 242 g/mol. The van der Waals surface area contributed by atoms with Crippen molar-refractivity contribution in [2.45, 2.75) is 12.8 Å². The minimum atomic E-state index is 0.592. The highest BCUT2D eigenvalue weighted by molar-refractivity contribution is 9.10. The lowest BCUT2D eigenvalue weighted by molar-refractivity contribution is -0.107. The second-order valence-electron chi connectivity index (χ2n) is 3.39. The Morgan fingerprint density at radius 3 is 2.71 bits per heavy atom. The van der Waals surface area contributed by atoms with Gasteiger partial charge in [0.15, 0.2) is 0 Å². The average molecular weight is 256 g/mol. The Morgan fingerprint density at radius 2 is 2.14 bits per heavy atom. The highest BCUT2D eigenvalue weighted by atomic mass is 79.9. The number of aryl methyl sites for hydroxylation is 1. The first-order chi connectivity index (χ1) is 6.65. The summed E-state index contributed by atoms with van der Waals surface area (Å²) in [5, 5.41) is 0. The van der Waals surface area contributed by atoms with Crippen molar-refractivity contribution >= 4 is 27.9 Å². The van der Waals surface area contributed by atoms with E-state index in [1.54, 1.807) is 0 Å². The molecule has 0 bridgehead atoms. The van der Waals surface area contributed by atoms with Crippen molar-refractivity contribution in [1.82, 2.24) is 0 Å². The third kappa shape index (κ3) is 2.84. The molecule has 0 atom stereocenters. The van der Waals surface area contributed by atoms with Crippen molar-refractivity contribution in [3.63, 3.8) is 0 Å². The molecule has 2 nitrogen and oxygen atoms in total. The molecular formula is C11H14BrNO. The monoisotopic (exact) mass is 255 g/mol. The summed E-state index contributed by atoms with van der Waals surface area (Å²) in [5.41, 5.74) is 2.34. The minimum Gasteiger partial charge on any atom is -0.377 e. The molecule has 0 aliphatic rings. The van der Waals surface area contributed by atoms with Gasteiger partial charge in [0.2, 0.25) is 0 Å². The Hall–Kier alpha value is -0.830. The molecule has 0 aromatic heterocycles. The Bertz CT molecular complexity index is 323. The van der Waals surface area contributed by atoms with Crippen LogP contribution in [0.1, 0.15) is 12.0 Å². The van der Waals surface area contributed by atoms with E-state index in [9.17, 15) is 4.79 Å². The fourth-order valence-electron chi connectivity index (χ4n) is 1.28. The van der Waals surface area contributed by atoms with Gasteiger partial charge in [-0.05, 0) is 40.0 Å². The van der Waals surface area contributed by atoms with Crippen molar-refractivity contribution in [3.05, 3.63) is 28.2 Å². The highest BCUT2D eigenvalue weighted by Gasteiger charge is 2.03. The van der Waals surface area contributed by atoms with Gasteiger partial charge in [-0.1, -0.05) is 6.07 Å². The number of nitrogens with zero attached hydrogens (tertiary/aromatic N) is 1. The van der Waals surface area contributed by atoms with Crippen LogP contribution in [-0.4, -0.2) is 20.4 Å². The van der Waals surface area contributed by atoms with Crippen molar-refractivity contribution < 1.29 is 4.79 Å². The van der Waals surface area contributed by atoms with E-state index >= 15 is 0 Å². The fourth-order valence-corrected chi connectivity index (χ4v) is 1.88. The second kappa shape index (κ2) is 5.15. The minimum absolute atomic E-state index is 0.592. The van der Waals surface area contributed by atoms with Crippen molar-refractivity contribution in [1.29, 1.82) is 0 Å². The van der Waals surface area contributed by atoms with Gasteiger partial charge in [0.05, 0.1) is 5.69 Å². The van der Waals surface area contributed by atoms with Crippen LogP contribution in [0.3, 0.4) is 0 Å². The number of carbonyl (C=O) groups excluding carboxylic acids is 1. The van der Waals surface area contributed by atoms with Crippen molar-refractivity contribution in [2.75, 3.05) is 19.0 Å². The van der Waals surface area contributed by atoms with E-state index in [1.807, 2.05) is 26.2 Å². The third-order valence-electron chi connectivity index (χ3n) is 2.04. The third-order valence-corrected chi connectivity index (χ3v) is 2.71. The van der Waals surface area contributed by atoms with Crippen LogP contribution in [0.4, 0.5) is 5.69 Å². The van der Waals surface area contributed by atoms with Gasteiger partial charge in [-0.15, -0.1) is 0 Å². The molecule has 0 radical (unpaired) electrons. The van der Waals surface area contributed by atoms with Gasteiger partial charge in [-0.2, -0.15) is 0 Å². The number of hydrogen-bond acceptors (Lipinski definition) is 2. The molecule has 14 heavy (non-hydrogen) atoms. The maximum Gasteiger partial charge on any atom is 0.120 e. The molecule has 0 N–H and O–H groups in total. The van der Waals surface area contributed by atoms with Crippen LogP contribution >= 0.6 is 15.9 Å². The molecule has 0 spiro atoms. The molecule has 0 amide bonds. The summed E-state index contributed by atoms with van der Waals surface area (Å²) < 4.78 is 1.08. The Morgan fingerprint density at radius 1 is 1.43 bits per heavy atom. The number of anilines is 1. The zero-order chi connectivity index (χ0) is 10.6. The molecule has 1 aromatic rings. The van der Waals surface area contributed by atoms with E-state index < -0.39 is 0 Å². The van der Waals surface area contributed by atoms with Gasteiger partial charge >= 0.3 is 0 Å². The summed E-state index contributed by atoms with van der Waals surface area (Å²) in [6.07, 6.45) is 2.36. The van der Waals surface area contributed by atoms with Crippen LogP contribution < -0.4 is 4.90 Å². The fraction of sp³-hybridized carbons (Fsp3) is 0.364. The first kappa shape index (κ1) is 11.2. The van der Waals surface area contributed by atoms with Gasteiger partial charge in [0.1, 0.15) is 6.29 Å². The van der Waals surface area contributed by atoms with E-state index in [0.717, 1.165) is 22.9 Å². The molecule has 0 unspecified atom stereocenters. The topological polar surface area (TPSA) is 20.3 Å². The first-order valence-corrected chi connectivity index (χ1v) is 5.34. The lowest BCUT2D eigenvalue weighted by Gasteiger charge is -2.15. The summed E-state index contributed by atoms with van der Waals surface area (Å²) in [6.45, 7) is 0.